The van der Waals surface area contributed by atoms with E-state index < -0.39 is 0 Å². The van der Waals surface area contributed by atoms with Crippen LogP contribution >= 0.6 is 11.8 Å². The molecule has 0 aliphatic rings. The molecule has 0 aliphatic carbocycles. The summed E-state index contributed by atoms with van der Waals surface area (Å²) in [6.07, 6.45) is 4.40. The molecule has 0 rings (SSSR count). The van der Waals surface area contributed by atoms with Crippen molar-refractivity contribution in [2.75, 3.05) is 33.6 Å². The molecule has 0 fully saturated rings. The van der Waals surface area contributed by atoms with Gasteiger partial charge in [-0.1, -0.05) is 13.8 Å². The third-order valence-electron chi connectivity index (χ3n) is 3.01. The molecule has 0 aromatic carbocycles. The summed E-state index contributed by atoms with van der Waals surface area (Å²) >= 11 is 1.94. The average Bonchev–Trinajstić information content (AvgIpc) is 2.31. The van der Waals surface area contributed by atoms with Gasteiger partial charge in [-0.15, -0.1) is 0 Å². The minimum Gasteiger partial charge on any atom is -0.355 e. The van der Waals surface area contributed by atoms with E-state index in [1.165, 1.54) is 12.8 Å². The molecule has 1 N–H and O–H groups in total. The molecule has 0 spiro atoms. The third kappa shape index (κ3) is 5.20. The van der Waals surface area contributed by atoms with Gasteiger partial charge in [0.05, 0.1) is 0 Å². The third-order valence-corrected chi connectivity index (χ3v) is 4.59. The predicted molar refractivity (Wildman–Crippen MR) is 67.5 cm³/mol. The van der Waals surface area contributed by atoms with E-state index >= 15 is 0 Å². The van der Waals surface area contributed by atoms with Gasteiger partial charge in [0, 0.05) is 32.1 Å². The number of hydrogen-bond acceptors (Lipinski definition) is 4. The standard InChI is InChI=1S/C11H25NO2S/c1-6-11(7-2,15-5)9-12-8-10(13-3)14-4/h10,12H,6-9H2,1-5H3. The van der Waals surface area contributed by atoms with Gasteiger partial charge >= 0.3 is 0 Å². The number of methoxy groups -OCH3 is 2. The molecule has 0 radical (unpaired) electrons. The molecule has 0 atom stereocenters. The first-order valence-corrected chi connectivity index (χ1v) is 6.72. The maximum atomic E-state index is 5.12. The highest BCUT2D eigenvalue weighted by atomic mass is 32.2. The first-order chi connectivity index (χ1) is 7.17. The van der Waals surface area contributed by atoms with Crippen molar-refractivity contribution in [2.45, 2.75) is 37.7 Å². The Bertz CT molecular complexity index is 139. The fraction of sp³-hybridized carbons (Fsp3) is 1.00. The van der Waals surface area contributed by atoms with Crippen LogP contribution in [-0.4, -0.2) is 44.6 Å². The Morgan fingerprint density at radius 3 is 2.07 bits per heavy atom. The van der Waals surface area contributed by atoms with Crippen LogP contribution in [0.15, 0.2) is 0 Å². The minimum atomic E-state index is -0.140. The molecule has 0 aromatic rings. The van der Waals surface area contributed by atoms with E-state index in [4.69, 9.17) is 9.47 Å². The Hall–Kier alpha value is 0.230. The van der Waals surface area contributed by atoms with Gasteiger partial charge in [0.2, 0.25) is 0 Å². The molecule has 0 saturated heterocycles. The first-order valence-electron chi connectivity index (χ1n) is 5.49. The Kier molecular flexibility index (Phi) is 8.52. The van der Waals surface area contributed by atoms with E-state index in [9.17, 15) is 0 Å². The van der Waals surface area contributed by atoms with Crippen LogP contribution in [0, 0.1) is 0 Å². The summed E-state index contributed by atoms with van der Waals surface area (Å²) in [7, 11) is 3.33. The Morgan fingerprint density at radius 1 is 1.20 bits per heavy atom. The van der Waals surface area contributed by atoms with Crippen LogP contribution in [0.25, 0.3) is 0 Å². The molecule has 92 valence electrons. The second kappa shape index (κ2) is 8.39. The van der Waals surface area contributed by atoms with Crippen molar-refractivity contribution >= 4 is 11.8 Å². The summed E-state index contributed by atoms with van der Waals surface area (Å²) in [5.74, 6) is 0. The quantitative estimate of drug-likeness (QED) is 0.620. The van der Waals surface area contributed by atoms with E-state index in [0.717, 1.165) is 13.1 Å². The van der Waals surface area contributed by atoms with E-state index in [0.29, 0.717) is 4.75 Å². The number of hydrogen-bond donors (Lipinski definition) is 1. The number of ether oxygens (including phenoxy) is 2. The van der Waals surface area contributed by atoms with Crippen LogP contribution in [0.3, 0.4) is 0 Å². The highest BCUT2D eigenvalue weighted by Gasteiger charge is 2.24. The lowest BCUT2D eigenvalue weighted by atomic mass is 10.0. The van der Waals surface area contributed by atoms with Crippen LogP contribution in [0.5, 0.6) is 0 Å². The van der Waals surface area contributed by atoms with Crippen LogP contribution < -0.4 is 5.32 Å². The maximum Gasteiger partial charge on any atom is 0.169 e. The maximum absolute atomic E-state index is 5.12. The lowest BCUT2D eigenvalue weighted by Gasteiger charge is -2.30. The molecule has 15 heavy (non-hydrogen) atoms. The fourth-order valence-corrected chi connectivity index (χ4v) is 2.37. The van der Waals surface area contributed by atoms with Crippen molar-refractivity contribution in [1.29, 1.82) is 0 Å². The SMILES string of the molecule is CCC(CC)(CNCC(OC)OC)SC. The van der Waals surface area contributed by atoms with Crippen molar-refractivity contribution in [2.24, 2.45) is 0 Å². The Balaban J connectivity index is 3.89. The van der Waals surface area contributed by atoms with Gasteiger partial charge in [-0.2, -0.15) is 11.8 Å². The average molecular weight is 235 g/mol. The molecule has 3 nitrogen and oxygen atoms in total. The van der Waals surface area contributed by atoms with Crippen molar-refractivity contribution in [3.8, 4) is 0 Å². The molecule has 0 heterocycles. The Morgan fingerprint density at radius 2 is 1.73 bits per heavy atom. The zero-order valence-electron chi connectivity index (χ0n) is 10.6. The summed E-state index contributed by atoms with van der Waals surface area (Å²) in [5, 5.41) is 3.41. The topological polar surface area (TPSA) is 30.5 Å². The summed E-state index contributed by atoms with van der Waals surface area (Å²) in [4.78, 5) is 0. The van der Waals surface area contributed by atoms with Gasteiger partial charge in [0.15, 0.2) is 6.29 Å². The molecule has 0 unspecified atom stereocenters. The molecule has 0 amide bonds. The lowest BCUT2D eigenvalue weighted by molar-refractivity contribution is -0.0988. The van der Waals surface area contributed by atoms with E-state index in [1.807, 2.05) is 11.8 Å². The molecule has 0 aliphatic heterocycles. The molecule has 0 bridgehead atoms. The predicted octanol–water partition coefficient (Wildman–Crippen LogP) is 2.12. The second-order valence-corrected chi connectivity index (χ2v) is 4.90. The summed E-state index contributed by atoms with van der Waals surface area (Å²) in [6, 6.07) is 0. The van der Waals surface area contributed by atoms with Crippen LogP contribution in [0.4, 0.5) is 0 Å². The van der Waals surface area contributed by atoms with Crippen LogP contribution in [0.2, 0.25) is 0 Å². The zero-order chi connectivity index (χ0) is 11.7. The highest BCUT2D eigenvalue weighted by Crippen LogP contribution is 2.29. The largest absolute Gasteiger partial charge is 0.355 e. The second-order valence-electron chi connectivity index (χ2n) is 3.63. The number of nitrogens with one attached hydrogen (secondary N) is 1. The Labute approximate surface area is 98.3 Å². The van der Waals surface area contributed by atoms with Crippen molar-refractivity contribution in [3.05, 3.63) is 0 Å². The molecule has 0 aromatic heterocycles. The lowest BCUT2D eigenvalue weighted by Crippen LogP contribution is -2.40. The first kappa shape index (κ1) is 15.2. The van der Waals surface area contributed by atoms with Gasteiger partial charge in [0.25, 0.3) is 0 Å². The molecular formula is C11H25NO2S. The van der Waals surface area contributed by atoms with Crippen LogP contribution in [0.1, 0.15) is 26.7 Å². The number of thioether (sulfide) groups is 1. The zero-order valence-corrected chi connectivity index (χ0v) is 11.4. The summed E-state index contributed by atoms with van der Waals surface area (Å²) in [5.41, 5.74) is 0. The van der Waals surface area contributed by atoms with E-state index in [-0.39, 0.29) is 6.29 Å². The smallest absolute Gasteiger partial charge is 0.169 e. The molecule has 4 heteroatoms. The summed E-state index contributed by atoms with van der Waals surface area (Å²) in [6.45, 7) is 6.23. The van der Waals surface area contributed by atoms with Gasteiger partial charge in [-0.05, 0) is 19.1 Å². The fourth-order valence-electron chi connectivity index (χ4n) is 1.54. The van der Waals surface area contributed by atoms with E-state index in [2.05, 4.69) is 25.4 Å². The summed E-state index contributed by atoms with van der Waals surface area (Å²) < 4.78 is 10.6. The minimum absolute atomic E-state index is 0.140. The molecule has 0 saturated carbocycles. The monoisotopic (exact) mass is 235 g/mol. The van der Waals surface area contributed by atoms with Gasteiger partial charge in [-0.25, -0.2) is 0 Å². The van der Waals surface area contributed by atoms with Crippen LogP contribution in [-0.2, 0) is 9.47 Å². The van der Waals surface area contributed by atoms with Gasteiger partial charge in [0.1, 0.15) is 0 Å². The molecular weight excluding hydrogens is 210 g/mol. The van der Waals surface area contributed by atoms with Crippen molar-refractivity contribution in [1.82, 2.24) is 5.32 Å². The van der Waals surface area contributed by atoms with Gasteiger partial charge in [-0.3, -0.25) is 0 Å². The van der Waals surface area contributed by atoms with Crippen molar-refractivity contribution in [3.63, 3.8) is 0 Å². The number of rotatable bonds is 9. The van der Waals surface area contributed by atoms with Gasteiger partial charge < -0.3 is 14.8 Å². The van der Waals surface area contributed by atoms with Crippen molar-refractivity contribution < 1.29 is 9.47 Å². The normalized spacial score (nSPS) is 12.4. The highest BCUT2D eigenvalue weighted by molar-refractivity contribution is 8.00. The van der Waals surface area contributed by atoms with E-state index in [1.54, 1.807) is 14.2 Å².